The lowest BCUT2D eigenvalue weighted by Crippen LogP contribution is -2.37. The Kier molecular flexibility index (Phi) is 5.39. The van der Waals surface area contributed by atoms with Gasteiger partial charge >= 0.3 is 10.3 Å². The van der Waals surface area contributed by atoms with Crippen LogP contribution < -0.4 is 10.5 Å². The van der Waals surface area contributed by atoms with E-state index >= 15 is 0 Å². The normalized spacial score (nSPS) is 29.2. The lowest BCUT2D eigenvalue weighted by Gasteiger charge is -2.18. The largest absolute Gasteiger partial charge is 0.397 e. The Hall–Kier alpha value is -2.69. The molecule has 1 amide bonds. The van der Waals surface area contributed by atoms with Crippen molar-refractivity contribution in [3.8, 4) is 11.8 Å². The van der Waals surface area contributed by atoms with Crippen LogP contribution in [-0.4, -0.2) is 59.0 Å². The molecule has 12 heteroatoms. The van der Waals surface area contributed by atoms with Crippen molar-refractivity contribution in [1.29, 1.82) is 0 Å². The predicted octanol–water partition coefficient (Wildman–Crippen LogP) is -0.849. The second-order valence-electron chi connectivity index (χ2n) is 6.99. The molecule has 0 radical (unpaired) electrons. The SMILES string of the molecule is Nc1cccc2c1nc1n2[C@@H]2O[C@H](COS(=O)(=O)NC(=O)CCCC#C1)[C@@H](O)[C@H]2O. The fraction of sp³-hybridized carbons (Fsp3) is 0.444. The maximum Gasteiger partial charge on any atom is 0.362 e. The summed E-state index contributed by atoms with van der Waals surface area (Å²) in [5.74, 6) is 5.29. The number of benzene rings is 1. The molecule has 0 spiro atoms. The van der Waals surface area contributed by atoms with Crippen molar-refractivity contribution in [2.24, 2.45) is 0 Å². The number of aliphatic hydroxyl groups excluding tert-OH is 2. The van der Waals surface area contributed by atoms with Crippen LogP contribution in [0, 0.1) is 11.8 Å². The van der Waals surface area contributed by atoms with Crippen molar-refractivity contribution in [2.45, 2.75) is 43.8 Å². The van der Waals surface area contributed by atoms with E-state index in [0.29, 0.717) is 29.6 Å². The Morgan fingerprint density at radius 2 is 2.10 bits per heavy atom. The van der Waals surface area contributed by atoms with Gasteiger partial charge in [-0.25, -0.2) is 9.71 Å². The number of nitrogen functional groups attached to an aromatic ring is 1. The highest BCUT2D eigenvalue weighted by Crippen LogP contribution is 2.34. The molecular weight excluding hydrogens is 416 g/mol. The number of anilines is 1. The first-order chi connectivity index (χ1) is 14.3. The molecule has 4 atom stereocenters. The minimum atomic E-state index is -4.39. The van der Waals surface area contributed by atoms with Crippen LogP contribution in [0.15, 0.2) is 18.2 Å². The van der Waals surface area contributed by atoms with E-state index in [9.17, 15) is 23.4 Å². The first kappa shape index (κ1) is 20.6. The monoisotopic (exact) mass is 436 g/mol. The van der Waals surface area contributed by atoms with Gasteiger partial charge < -0.3 is 20.7 Å². The highest BCUT2D eigenvalue weighted by molar-refractivity contribution is 7.85. The van der Waals surface area contributed by atoms with Crippen molar-refractivity contribution < 1.29 is 32.3 Å². The lowest BCUT2D eigenvalue weighted by atomic mass is 10.1. The number of hydrogen-bond acceptors (Lipinski definition) is 9. The van der Waals surface area contributed by atoms with Gasteiger partial charge in [0.15, 0.2) is 12.1 Å². The number of nitrogens with one attached hydrogen (secondary N) is 1. The van der Waals surface area contributed by atoms with E-state index in [2.05, 4.69) is 16.8 Å². The fourth-order valence-corrected chi connectivity index (χ4v) is 4.17. The molecule has 3 heterocycles. The lowest BCUT2D eigenvalue weighted by molar-refractivity contribution is -0.119. The van der Waals surface area contributed by atoms with Gasteiger partial charge in [-0.05, 0) is 24.5 Å². The summed E-state index contributed by atoms with van der Waals surface area (Å²) in [6.45, 7) is -0.604. The van der Waals surface area contributed by atoms with Gasteiger partial charge in [0.05, 0.1) is 17.8 Å². The van der Waals surface area contributed by atoms with Crippen LogP contribution in [-0.2, 0) is 24.0 Å². The number of nitrogens with two attached hydrogens (primary N) is 1. The summed E-state index contributed by atoms with van der Waals surface area (Å²) in [4.78, 5) is 16.2. The van der Waals surface area contributed by atoms with Crippen molar-refractivity contribution in [1.82, 2.24) is 14.3 Å². The van der Waals surface area contributed by atoms with Crippen molar-refractivity contribution in [3.63, 3.8) is 0 Å². The minimum absolute atomic E-state index is 0.0650. The van der Waals surface area contributed by atoms with E-state index in [1.807, 2.05) is 0 Å². The standard InChI is InChI=1S/C18H20N4O7S/c19-10-5-4-6-11-15(10)20-13-7-2-1-3-8-14(23)21-30(26,27)28-9-12-16(24)17(25)18(29-12)22(11)13/h4-6,12,16-18,24-25H,1,3,8-9,19H2,(H,21,23)/t12-,16-,17-,18-/m1/s1. The van der Waals surface area contributed by atoms with E-state index < -0.39 is 47.4 Å². The number of para-hydroxylation sites is 1. The topological polar surface area (TPSA) is 166 Å². The molecule has 2 aliphatic heterocycles. The predicted molar refractivity (Wildman–Crippen MR) is 104 cm³/mol. The summed E-state index contributed by atoms with van der Waals surface area (Å²) in [5.41, 5.74) is 7.40. The number of fused-ring (bicyclic) bond motifs is 6. The van der Waals surface area contributed by atoms with Crippen LogP contribution >= 0.6 is 0 Å². The van der Waals surface area contributed by atoms with Crippen molar-refractivity contribution in [2.75, 3.05) is 12.3 Å². The quantitative estimate of drug-likeness (QED) is 0.304. The number of imidazole rings is 1. The summed E-state index contributed by atoms with van der Waals surface area (Å²) in [7, 11) is -4.39. The molecule has 0 unspecified atom stereocenters. The summed E-state index contributed by atoms with van der Waals surface area (Å²) in [6.07, 6.45) is -4.60. The third-order valence-corrected chi connectivity index (χ3v) is 5.80. The maximum atomic E-state index is 11.9. The summed E-state index contributed by atoms with van der Waals surface area (Å²) >= 11 is 0. The van der Waals surface area contributed by atoms with Gasteiger partial charge in [0, 0.05) is 12.8 Å². The molecule has 0 aliphatic carbocycles. The number of nitrogens with zero attached hydrogens (tertiary/aromatic N) is 2. The van der Waals surface area contributed by atoms with E-state index in [-0.39, 0.29) is 12.2 Å². The Morgan fingerprint density at radius 1 is 1.30 bits per heavy atom. The van der Waals surface area contributed by atoms with Gasteiger partial charge in [0.1, 0.15) is 23.8 Å². The number of amides is 1. The zero-order valence-electron chi connectivity index (χ0n) is 15.7. The smallest absolute Gasteiger partial charge is 0.362 e. The Morgan fingerprint density at radius 3 is 2.90 bits per heavy atom. The molecule has 2 aromatic rings. The van der Waals surface area contributed by atoms with Gasteiger partial charge in [0.25, 0.3) is 0 Å². The minimum Gasteiger partial charge on any atom is -0.397 e. The average molecular weight is 436 g/mol. The van der Waals surface area contributed by atoms with E-state index in [1.165, 1.54) is 4.57 Å². The molecule has 2 aliphatic rings. The number of rotatable bonds is 0. The molecule has 0 saturated carbocycles. The van der Waals surface area contributed by atoms with Crippen LogP contribution in [0.25, 0.3) is 11.0 Å². The molecule has 4 rings (SSSR count). The molecule has 1 saturated heterocycles. The third-order valence-electron chi connectivity index (χ3n) is 4.88. The first-order valence-electron chi connectivity index (χ1n) is 9.24. The van der Waals surface area contributed by atoms with Gasteiger partial charge in [-0.3, -0.25) is 13.5 Å². The summed E-state index contributed by atoms with van der Waals surface area (Å²) in [5, 5.41) is 21.0. The fourth-order valence-electron chi connectivity index (χ4n) is 3.42. The Balaban J connectivity index is 1.79. The van der Waals surface area contributed by atoms with Crippen molar-refractivity contribution in [3.05, 3.63) is 24.0 Å². The van der Waals surface area contributed by atoms with E-state index in [0.717, 1.165) is 0 Å². The zero-order chi connectivity index (χ0) is 21.5. The van der Waals surface area contributed by atoms with Crippen LogP contribution in [0.2, 0.25) is 0 Å². The number of aliphatic hydroxyl groups is 2. The Labute approximate surface area is 172 Å². The van der Waals surface area contributed by atoms with Crippen LogP contribution in [0.3, 0.4) is 0 Å². The molecule has 11 nitrogen and oxygen atoms in total. The molecular formula is C18H20N4O7S. The van der Waals surface area contributed by atoms with Crippen LogP contribution in [0.4, 0.5) is 5.69 Å². The van der Waals surface area contributed by atoms with Crippen LogP contribution in [0.5, 0.6) is 0 Å². The number of ether oxygens (including phenoxy) is 1. The number of carbonyl (C=O) groups is 1. The van der Waals surface area contributed by atoms with Gasteiger partial charge in [-0.2, -0.15) is 8.42 Å². The van der Waals surface area contributed by atoms with E-state index in [1.54, 1.807) is 22.9 Å². The molecule has 1 fully saturated rings. The zero-order valence-corrected chi connectivity index (χ0v) is 16.5. The highest BCUT2D eigenvalue weighted by atomic mass is 32.2. The van der Waals surface area contributed by atoms with E-state index in [4.69, 9.17) is 14.7 Å². The maximum absolute atomic E-state index is 11.9. The molecule has 30 heavy (non-hydrogen) atoms. The molecule has 160 valence electrons. The van der Waals surface area contributed by atoms with Gasteiger partial charge in [-0.15, -0.1) is 0 Å². The molecule has 1 aromatic heterocycles. The number of hydrogen-bond donors (Lipinski definition) is 4. The second kappa shape index (κ2) is 7.86. The Bertz CT molecular complexity index is 1150. The van der Waals surface area contributed by atoms with Gasteiger partial charge in [-0.1, -0.05) is 12.0 Å². The number of carbonyl (C=O) groups excluding carboxylic acids is 1. The summed E-state index contributed by atoms with van der Waals surface area (Å²) < 4.78 is 37.7. The van der Waals surface area contributed by atoms with Crippen LogP contribution in [0.1, 0.15) is 31.3 Å². The molecule has 2 bridgehead atoms. The summed E-state index contributed by atoms with van der Waals surface area (Å²) in [6, 6.07) is 5.10. The average Bonchev–Trinajstić information content (AvgIpc) is 3.18. The highest BCUT2D eigenvalue weighted by Gasteiger charge is 2.45. The second-order valence-corrected chi connectivity index (χ2v) is 8.33. The van der Waals surface area contributed by atoms with Crippen molar-refractivity contribution >= 4 is 32.9 Å². The first-order valence-corrected chi connectivity index (χ1v) is 10.6. The number of aromatic nitrogens is 2. The molecule has 5 N–H and O–H groups in total. The molecule has 1 aromatic carbocycles. The third kappa shape index (κ3) is 3.85. The van der Waals surface area contributed by atoms with Gasteiger partial charge in [0.2, 0.25) is 5.91 Å².